The highest BCUT2D eigenvalue weighted by Crippen LogP contribution is 2.54. The maximum Gasteiger partial charge on any atom is 0.0202 e. The van der Waals surface area contributed by atoms with E-state index in [1.54, 1.807) is 0 Å². The lowest BCUT2D eigenvalue weighted by atomic mass is 9.62. The first-order chi connectivity index (χ1) is 11.9. The quantitative estimate of drug-likeness (QED) is 0.418. The van der Waals surface area contributed by atoms with E-state index in [2.05, 4.69) is 97.1 Å². The number of rotatable bonds is 2. The molecule has 0 fully saturated rings. The molecule has 24 heavy (non-hydrogen) atoms. The molecule has 1 aliphatic carbocycles. The number of hydrogen-bond donors (Lipinski definition) is 0. The van der Waals surface area contributed by atoms with Crippen LogP contribution < -0.4 is 0 Å². The van der Waals surface area contributed by atoms with Gasteiger partial charge in [-0.15, -0.1) is 0 Å². The number of benzene rings is 4. The van der Waals surface area contributed by atoms with Crippen molar-refractivity contribution in [2.24, 2.45) is 0 Å². The van der Waals surface area contributed by atoms with Crippen molar-refractivity contribution >= 4 is 10.8 Å². The molecular weight excluding hydrogens is 288 g/mol. The molecule has 5 rings (SSSR count). The first-order valence-corrected chi connectivity index (χ1v) is 8.54. The zero-order chi connectivity index (χ0) is 15.9. The molecule has 0 N–H and O–H groups in total. The van der Waals surface area contributed by atoms with Crippen LogP contribution in [0.4, 0.5) is 0 Å². The topological polar surface area (TPSA) is 0 Å². The molecule has 0 bridgehead atoms. The second-order valence-corrected chi connectivity index (χ2v) is 6.60. The minimum atomic E-state index is 0.452. The van der Waals surface area contributed by atoms with E-state index in [9.17, 15) is 0 Å². The normalized spacial score (nSPS) is 18.8. The van der Waals surface area contributed by atoms with Crippen molar-refractivity contribution in [1.82, 2.24) is 0 Å². The van der Waals surface area contributed by atoms with E-state index in [1.807, 2.05) is 0 Å². The van der Waals surface area contributed by atoms with Crippen molar-refractivity contribution in [3.8, 4) is 0 Å². The fourth-order valence-electron chi connectivity index (χ4n) is 4.14. The lowest BCUT2D eigenvalue weighted by Gasteiger charge is -2.41. The maximum absolute atomic E-state index is 2.39. The van der Waals surface area contributed by atoms with Gasteiger partial charge in [0, 0.05) is 11.8 Å². The van der Waals surface area contributed by atoms with Crippen LogP contribution in [0.15, 0.2) is 97.1 Å². The number of hydrogen-bond acceptors (Lipinski definition) is 0. The van der Waals surface area contributed by atoms with Crippen LogP contribution in [0.1, 0.15) is 34.1 Å². The summed E-state index contributed by atoms with van der Waals surface area (Å²) in [6.07, 6.45) is 0. The van der Waals surface area contributed by atoms with Gasteiger partial charge < -0.3 is 0 Å². The van der Waals surface area contributed by atoms with Gasteiger partial charge in [0.15, 0.2) is 0 Å². The van der Waals surface area contributed by atoms with Crippen LogP contribution in [0, 0.1) is 0 Å². The van der Waals surface area contributed by atoms with Gasteiger partial charge in [-0.3, -0.25) is 0 Å². The van der Waals surface area contributed by atoms with Gasteiger partial charge in [-0.05, 0) is 33.0 Å². The zero-order valence-electron chi connectivity index (χ0n) is 13.4. The van der Waals surface area contributed by atoms with Gasteiger partial charge in [-0.2, -0.15) is 0 Å². The first-order valence-electron chi connectivity index (χ1n) is 8.54. The minimum absolute atomic E-state index is 0.452. The molecule has 0 saturated heterocycles. The highest BCUT2D eigenvalue weighted by Gasteiger charge is 2.39. The predicted octanol–water partition coefficient (Wildman–Crippen LogP) is 6.12. The molecule has 4 aromatic rings. The third-order valence-electron chi connectivity index (χ3n) is 5.27. The molecule has 0 aromatic heterocycles. The summed E-state index contributed by atoms with van der Waals surface area (Å²) in [6, 6.07) is 35.3. The van der Waals surface area contributed by atoms with Crippen molar-refractivity contribution in [3.63, 3.8) is 0 Å². The SMILES string of the molecule is c1ccc([C@@H]2c3cc4ccccc4cc3[C@H]2c2ccccc2)cc1. The molecule has 0 heterocycles. The summed E-state index contributed by atoms with van der Waals surface area (Å²) in [5.41, 5.74) is 5.78. The second-order valence-electron chi connectivity index (χ2n) is 6.60. The van der Waals surface area contributed by atoms with Crippen LogP contribution in [0.25, 0.3) is 10.8 Å². The van der Waals surface area contributed by atoms with Gasteiger partial charge in [0.2, 0.25) is 0 Å². The van der Waals surface area contributed by atoms with Gasteiger partial charge >= 0.3 is 0 Å². The highest BCUT2D eigenvalue weighted by atomic mass is 14.4. The van der Waals surface area contributed by atoms with E-state index in [0.717, 1.165) is 0 Å². The van der Waals surface area contributed by atoms with Gasteiger partial charge in [0.25, 0.3) is 0 Å². The van der Waals surface area contributed by atoms with Crippen LogP contribution in [0.2, 0.25) is 0 Å². The Kier molecular flexibility index (Phi) is 3.02. The molecule has 0 radical (unpaired) electrons. The third-order valence-corrected chi connectivity index (χ3v) is 5.27. The van der Waals surface area contributed by atoms with Crippen LogP contribution >= 0.6 is 0 Å². The van der Waals surface area contributed by atoms with Crippen LogP contribution in [0.5, 0.6) is 0 Å². The van der Waals surface area contributed by atoms with E-state index in [4.69, 9.17) is 0 Å². The molecule has 0 aliphatic heterocycles. The Balaban J connectivity index is 1.73. The average Bonchev–Trinajstić information content (AvgIpc) is 2.65. The third kappa shape index (κ3) is 2.00. The Hall–Kier alpha value is -2.86. The molecule has 0 unspecified atom stereocenters. The summed E-state index contributed by atoms with van der Waals surface area (Å²) in [7, 11) is 0. The largest absolute Gasteiger partial charge is 0.0622 e. The average molecular weight is 306 g/mol. The second kappa shape index (κ2) is 5.35. The standard InChI is InChI=1S/C24H18/c1-3-9-17(10-4-1)23-21-15-19-13-7-8-14-20(19)16-22(21)24(23)18-11-5-2-6-12-18/h1-16,23-24H/t23-,24-/m1/s1. The zero-order valence-corrected chi connectivity index (χ0v) is 13.4. The van der Waals surface area contributed by atoms with E-state index in [0.29, 0.717) is 11.8 Å². The van der Waals surface area contributed by atoms with Crippen molar-refractivity contribution in [1.29, 1.82) is 0 Å². The molecule has 1 aliphatic rings. The molecule has 114 valence electrons. The minimum Gasteiger partial charge on any atom is -0.0622 e. The van der Waals surface area contributed by atoms with Gasteiger partial charge in [-0.1, -0.05) is 97.1 Å². The Morgan fingerprint density at radius 1 is 0.417 bits per heavy atom. The summed E-state index contributed by atoms with van der Waals surface area (Å²) < 4.78 is 0. The molecule has 4 aromatic carbocycles. The monoisotopic (exact) mass is 306 g/mol. The van der Waals surface area contributed by atoms with Crippen LogP contribution in [0.3, 0.4) is 0 Å². The van der Waals surface area contributed by atoms with E-state index in [1.165, 1.54) is 33.0 Å². The Morgan fingerprint density at radius 2 is 0.792 bits per heavy atom. The van der Waals surface area contributed by atoms with Gasteiger partial charge in [0.05, 0.1) is 0 Å². The number of fused-ring (bicyclic) bond motifs is 2. The lowest BCUT2D eigenvalue weighted by molar-refractivity contribution is 0.609. The maximum atomic E-state index is 2.39. The molecule has 0 amide bonds. The fraction of sp³-hybridized carbons (Fsp3) is 0.0833. The van der Waals surface area contributed by atoms with Crippen molar-refractivity contribution < 1.29 is 0 Å². The van der Waals surface area contributed by atoms with Crippen molar-refractivity contribution in [3.05, 3.63) is 119 Å². The van der Waals surface area contributed by atoms with Crippen LogP contribution in [-0.4, -0.2) is 0 Å². The molecule has 0 nitrogen and oxygen atoms in total. The van der Waals surface area contributed by atoms with Crippen LogP contribution in [-0.2, 0) is 0 Å². The predicted molar refractivity (Wildman–Crippen MR) is 101 cm³/mol. The summed E-state index contributed by atoms with van der Waals surface area (Å²) >= 11 is 0. The fourth-order valence-corrected chi connectivity index (χ4v) is 4.14. The Bertz CT molecular complexity index is 916. The van der Waals surface area contributed by atoms with Crippen molar-refractivity contribution in [2.75, 3.05) is 0 Å². The van der Waals surface area contributed by atoms with Gasteiger partial charge in [-0.25, -0.2) is 0 Å². The Labute approximate surface area is 142 Å². The summed E-state index contributed by atoms with van der Waals surface area (Å²) in [4.78, 5) is 0. The molecular formula is C24H18. The molecule has 0 saturated carbocycles. The lowest BCUT2D eigenvalue weighted by Crippen LogP contribution is -2.26. The smallest absolute Gasteiger partial charge is 0.0202 e. The van der Waals surface area contributed by atoms with E-state index >= 15 is 0 Å². The molecule has 2 atom stereocenters. The van der Waals surface area contributed by atoms with E-state index in [-0.39, 0.29) is 0 Å². The van der Waals surface area contributed by atoms with Crippen molar-refractivity contribution in [2.45, 2.75) is 11.8 Å². The summed E-state index contributed by atoms with van der Waals surface area (Å²) in [5, 5.41) is 2.67. The first kappa shape index (κ1) is 13.6. The summed E-state index contributed by atoms with van der Waals surface area (Å²) in [5.74, 6) is 0.904. The molecule has 0 heteroatoms. The highest BCUT2D eigenvalue weighted by molar-refractivity contribution is 5.86. The summed E-state index contributed by atoms with van der Waals surface area (Å²) in [6.45, 7) is 0. The van der Waals surface area contributed by atoms with Gasteiger partial charge in [0.1, 0.15) is 0 Å². The molecule has 0 spiro atoms. The Morgan fingerprint density at radius 3 is 1.21 bits per heavy atom. The van der Waals surface area contributed by atoms with E-state index < -0.39 is 0 Å².